The predicted molar refractivity (Wildman–Crippen MR) is 83.3 cm³/mol. The van der Waals surface area contributed by atoms with Crippen molar-refractivity contribution in [3.8, 4) is 5.88 Å². The Hall–Kier alpha value is -1.56. The molecule has 1 heterocycles. The van der Waals surface area contributed by atoms with Gasteiger partial charge < -0.3 is 20.3 Å². The Balaban J connectivity index is 2.94. The summed E-state index contributed by atoms with van der Waals surface area (Å²) in [6, 6.07) is 0. The van der Waals surface area contributed by atoms with Crippen molar-refractivity contribution < 1.29 is 4.74 Å². The quantitative estimate of drug-likeness (QED) is 0.781. The Morgan fingerprint density at radius 3 is 2.45 bits per heavy atom. The van der Waals surface area contributed by atoms with Gasteiger partial charge in [-0.3, -0.25) is 0 Å². The van der Waals surface area contributed by atoms with Gasteiger partial charge >= 0.3 is 0 Å². The van der Waals surface area contributed by atoms with E-state index in [4.69, 9.17) is 10.5 Å². The highest BCUT2D eigenvalue weighted by atomic mass is 16.5. The van der Waals surface area contributed by atoms with Gasteiger partial charge in [0.05, 0.1) is 6.10 Å². The van der Waals surface area contributed by atoms with Gasteiger partial charge in [0.2, 0.25) is 5.88 Å². The summed E-state index contributed by atoms with van der Waals surface area (Å²) in [5, 5.41) is 0. The number of nitrogen functional groups attached to an aromatic ring is 1. The molecule has 6 heteroatoms. The van der Waals surface area contributed by atoms with E-state index in [2.05, 4.69) is 40.8 Å². The zero-order chi connectivity index (χ0) is 15.1. The minimum atomic E-state index is 0.0430. The first-order chi connectivity index (χ1) is 9.45. The summed E-state index contributed by atoms with van der Waals surface area (Å²) >= 11 is 0. The molecule has 1 aromatic heterocycles. The molecule has 0 fully saturated rings. The van der Waals surface area contributed by atoms with Crippen molar-refractivity contribution >= 4 is 11.5 Å². The van der Waals surface area contributed by atoms with Gasteiger partial charge in [-0.05, 0) is 34.4 Å². The van der Waals surface area contributed by atoms with Crippen LogP contribution < -0.4 is 15.4 Å². The molecule has 0 aliphatic carbocycles. The SMILES string of the molecule is CCCN(CCN(C)C)c1ncnc(OC(C)C)c1N. The Bertz CT molecular complexity index is 409. The van der Waals surface area contributed by atoms with Crippen LogP contribution in [0.3, 0.4) is 0 Å². The van der Waals surface area contributed by atoms with E-state index in [1.165, 1.54) is 6.33 Å². The molecule has 0 aliphatic rings. The molecule has 114 valence electrons. The second kappa shape index (κ2) is 7.89. The van der Waals surface area contributed by atoms with Crippen LogP contribution in [0.4, 0.5) is 11.5 Å². The average molecular weight is 281 g/mol. The summed E-state index contributed by atoms with van der Waals surface area (Å²) in [5.74, 6) is 1.23. The highest BCUT2D eigenvalue weighted by Crippen LogP contribution is 2.28. The van der Waals surface area contributed by atoms with Crippen LogP contribution in [0.5, 0.6) is 5.88 Å². The number of hydrogen-bond donors (Lipinski definition) is 1. The van der Waals surface area contributed by atoms with E-state index in [9.17, 15) is 0 Å². The van der Waals surface area contributed by atoms with Gasteiger partial charge in [-0.15, -0.1) is 0 Å². The standard InChI is InChI=1S/C14H27N5O/c1-6-7-19(9-8-18(4)5)13-12(15)14(17-10-16-13)20-11(2)3/h10-11H,6-9,15H2,1-5H3. The first-order valence-corrected chi connectivity index (χ1v) is 7.12. The molecule has 0 bridgehead atoms. The lowest BCUT2D eigenvalue weighted by Crippen LogP contribution is -2.33. The Labute approximate surface area is 121 Å². The summed E-state index contributed by atoms with van der Waals surface area (Å²) < 4.78 is 5.63. The number of ether oxygens (including phenoxy) is 1. The van der Waals surface area contributed by atoms with Crippen molar-refractivity contribution in [2.45, 2.75) is 33.3 Å². The lowest BCUT2D eigenvalue weighted by atomic mass is 10.3. The zero-order valence-corrected chi connectivity index (χ0v) is 13.3. The maximum atomic E-state index is 6.16. The molecule has 0 amide bonds. The van der Waals surface area contributed by atoms with Crippen LogP contribution in [0.1, 0.15) is 27.2 Å². The van der Waals surface area contributed by atoms with Crippen LogP contribution in [0.25, 0.3) is 0 Å². The number of anilines is 2. The summed E-state index contributed by atoms with van der Waals surface area (Å²) in [7, 11) is 4.11. The summed E-state index contributed by atoms with van der Waals surface area (Å²) in [4.78, 5) is 12.8. The van der Waals surface area contributed by atoms with Gasteiger partial charge in [0.15, 0.2) is 5.82 Å². The largest absolute Gasteiger partial charge is 0.473 e. The van der Waals surface area contributed by atoms with Crippen LogP contribution in [-0.4, -0.2) is 54.7 Å². The van der Waals surface area contributed by atoms with Crippen molar-refractivity contribution in [2.75, 3.05) is 44.4 Å². The highest BCUT2D eigenvalue weighted by Gasteiger charge is 2.16. The highest BCUT2D eigenvalue weighted by molar-refractivity contribution is 5.67. The molecule has 0 unspecified atom stereocenters. The molecule has 0 atom stereocenters. The molecule has 2 N–H and O–H groups in total. The van der Waals surface area contributed by atoms with E-state index in [0.717, 1.165) is 31.9 Å². The van der Waals surface area contributed by atoms with E-state index in [-0.39, 0.29) is 6.10 Å². The second-order valence-corrected chi connectivity index (χ2v) is 5.37. The van der Waals surface area contributed by atoms with Crippen molar-refractivity contribution in [1.82, 2.24) is 14.9 Å². The number of hydrogen-bond acceptors (Lipinski definition) is 6. The van der Waals surface area contributed by atoms with Gasteiger partial charge in [0.1, 0.15) is 12.0 Å². The van der Waals surface area contributed by atoms with Gasteiger partial charge in [-0.2, -0.15) is 4.98 Å². The molecule has 6 nitrogen and oxygen atoms in total. The van der Waals surface area contributed by atoms with Crippen LogP contribution in [-0.2, 0) is 0 Å². The summed E-state index contributed by atoms with van der Waals surface area (Å²) in [5.41, 5.74) is 6.69. The molecular weight excluding hydrogens is 254 g/mol. The fraction of sp³-hybridized carbons (Fsp3) is 0.714. The average Bonchev–Trinajstić information content (AvgIpc) is 2.36. The Kier molecular flexibility index (Phi) is 6.51. The van der Waals surface area contributed by atoms with E-state index in [1.54, 1.807) is 0 Å². The number of aromatic nitrogens is 2. The molecular formula is C14H27N5O. The van der Waals surface area contributed by atoms with Crippen LogP contribution >= 0.6 is 0 Å². The fourth-order valence-electron chi connectivity index (χ4n) is 1.85. The lowest BCUT2D eigenvalue weighted by Gasteiger charge is -2.26. The first-order valence-electron chi connectivity index (χ1n) is 7.12. The van der Waals surface area contributed by atoms with E-state index < -0.39 is 0 Å². The molecule has 0 aliphatic heterocycles. The third kappa shape index (κ3) is 4.85. The summed E-state index contributed by atoms with van der Waals surface area (Å²) in [6.07, 6.45) is 2.60. The third-order valence-electron chi connectivity index (χ3n) is 2.78. The van der Waals surface area contributed by atoms with Crippen molar-refractivity contribution in [3.05, 3.63) is 6.33 Å². The minimum Gasteiger partial charge on any atom is -0.473 e. The molecule has 0 saturated heterocycles. The van der Waals surface area contributed by atoms with Crippen molar-refractivity contribution in [3.63, 3.8) is 0 Å². The summed E-state index contributed by atoms with van der Waals surface area (Å²) in [6.45, 7) is 8.79. The van der Waals surface area contributed by atoms with Crippen LogP contribution in [0, 0.1) is 0 Å². The Morgan fingerprint density at radius 1 is 1.20 bits per heavy atom. The normalized spacial score (nSPS) is 11.2. The van der Waals surface area contributed by atoms with E-state index in [0.29, 0.717) is 11.6 Å². The predicted octanol–water partition coefficient (Wildman–Crippen LogP) is 1.62. The van der Waals surface area contributed by atoms with Gasteiger partial charge in [0.25, 0.3) is 0 Å². The zero-order valence-electron chi connectivity index (χ0n) is 13.3. The number of likely N-dealkylation sites (N-methyl/N-ethyl adjacent to an activating group) is 1. The van der Waals surface area contributed by atoms with Crippen molar-refractivity contribution in [1.29, 1.82) is 0 Å². The number of nitrogens with zero attached hydrogens (tertiary/aromatic N) is 4. The maximum absolute atomic E-state index is 6.16. The number of nitrogens with two attached hydrogens (primary N) is 1. The molecule has 0 radical (unpaired) electrons. The number of rotatable bonds is 8. The molecule has 1 rings (SSSR count). The van der Waals surface area contributed by atoms with Crippen LogP contribution in [0.15, 0.2) is 6.33 Å². The molecule has 20 heavy (non-hydrogen) atoms. The Morgan fingerprint density at radius 2 is 1.90 bits per heavy atom. The molecule has 0 saturated carbocycles. The monoisotopic (exact) mass is 281 g/mol. The van der Waals surface area contributed by atoms with Gasteiger partial charge in [-0.25, -0.2) is 4.98 Å². The van der Waals surface area contributed by atoms with E-state index >= 15 is 0 Å². The third-order valence-corrected chi connectivity index (χ3v) is 2.78. The first kappa shape index (κ1) is 16.5. The van der Waals surface area contributed by atoms with Gasteiger partial charge in [0, 0.05) is 19.6 Å². The maximum Gasteiger partial charge on any atom is 0.242 e. The van der Waals surface area contributed by atoms with Gasteiger partial charge in [-0.1, -0.05) is 6.92 Å². The smallest absolute Gasteiger partial charge is 0.242 e. The minimum absolute atomic E-state index is 0.0430. The molecule has 0 aromatic carbocycles. The topological polar surface area (TPSA) is 67.5 Å². The lowest BCUT2D eigenvalue weighted by molar-refractivity contribution is 0.234. The van der Waals surface area contributed by atoms with Crippen LogP contribution in [0.2, 0.25) is 0 Å². The van der Waals surface area contributed by atoms with E-state index in [1.807, 2.05) is 13.8 Å². The molecule has 0 spiro atoms. The fourth-order valence-corrected chi connectivity index (χ4v) is 1.85. The molecule has 1 aromatic rings. The van der Waals surface area contributed by atoms with Crippen molar-refractivity contribution in [2.24, 2.45) is 0 Å². The second-order valence-electron chi connectivity index (χ2n) is 5.37.